The minimum atomic E-state index is 0.157. The first kappa shape index (κ1) is 15.3. The van der Waals surface area contributed by atoms with Crippen LogP contribution in [0.25, 0.3) is 0 Å². The van der Waals surface area contributed by atoms with Crippen molar-refractivity contribution in [1.82, 2.24) is 15.5 Å². The maximum Gasteiger partial charge on any atom is 0.234 e. The number of amides is 1. The van der Waals surface area contributed by atoms with E-state index in [2.05, 4.69) is 15.5 Å². The predicted molar refractivity (Wildman–Crippen MR) is 82.2 cm³/mol. The molecule has 3 rings (SSSR count). The van der Waals surface area contributed by atoms with Crippen LogP contribution in [-0.4, -0.2) is 62.3 Å². The molecular weight excluding hydrogens is 266 g/mol. The lowest BCUT2D eigenvalue weighted by atomic mass is 10.2. The van der Waals surface area contributed by atoms with E-state index < -0.39 is 0 Å². The van der Waals surface area contributed by atoms with E-state index in [1.54, 1.807) is 0 Å². The first-order valence-electron chi connectivity index (χ1n) is 8.63. The number of rotatable bonds is 8. The van der Waals surface area contributed by atoms with Crippen LogP contribution in [0.3, 0.4) is 0 Å². The smallest absolute Gasteiger partial charge is 0.234 e. The molecule has 2 aliphatic heterocycles. The van der Waals surface area contributed by atoms with Gasteiger partial charge in [-0.05, 0) is 51.0 Å². The number of carbonyl (C=O) groups excluding carboxylic acids is 1. The maximum atomic E-state index is 12.2. The molecule has 0 aromatic rings. The Morgan fingerprint density at radius 2 is 2.10 bits per heavy atom. The molecule has 1 saturated carbocycles. The highest BCUT2D eigenvalue weighted by molar-refractivity contribution is 5.78. The van der Waals surface area contributed by atoms with Gasteiger partial charge in [0, 0.05) is 32.3 Å². The van der Waals surface area contributed by atoms with Crippen molar-refractivity contribution in [2.24, 2.45) is 5.92 Å². The molecule has 2 saturated heterocycles. The second-order valence-electron chi connectivity index (χ2n) is 6.87. The van der Waals surface area contributed by atoms with Crippen LogP contribution in [0, 0.1) is 5.92 Å². The average Bonchev–Trinajstić information content (AvgIpc) is 2.95. The lowest BCUT2D eigenvalue weighted by molar-refractivity contribution is -0.122. The average molecular weight is 295 g/mol. The summed E-state index contributed by atoms with van der Waals surface area (Å²) in [5, 5.41) is 6.58. The maximum absolute atomic E-state index is 12.2. The number of nitrogens with one attached hydrogen (secondary N) is 2. The molecule has 0 aromatic heterocycles. The number of hydrogen-bond acceptors (Lipinski definition) is 4. The number of ether oxygens (including phenoxy) is 1. The lowest BCUT2D eigenvalue weighted by Crippen LogP contribution is -2.45. The van der Waals surface area contributed by atoms with Gasteiger partial charge < -0.3 is 15.4 Å². The van der Waals surface area contributed by atoms with Crippen molar-refractivity contribution in [2.75, 3.05) is 39.3 Å². The van der Waals surface area contributed by atoms with Crippen molar-refractivity contribution in [3.05, 3.63) is 0 Å². The van der Waals surface area contributed by atoms with Gasteiger partial charge in [-0.25, -0.2) is 0 Å². The van der Waals surface area contributed by atoms with Crippen molar-refractivity contribution in [3.63, 3.8) is 0 Å². The Bertz CT molecular complexity index is 334. The van der Waals surface area contributed by atoms with Crippen molar-refractivity contribution in [1.29, 1.82) is 0 Å². The van der Waals surface area contributed by atoms with Crippen molar-refractivity contribution >= 4 is 5.91 Å². The zero-order valence-corrected chi connectivity index (χ0v) is 13.0. The third-order valence-corrected chi connectivity index (χ3v) is 4.77. The van der Waals surface area contributed by atoms with Crippen LogP contribution in [0.15, 0.2) is 0 Å². The van der Waals surface area contributed by atoms with Gasteiger partial charge in [0.1, 0.15) is 0 Å². The molecule has 5 nitrogen and oxygen atoms in total. The SMILES string of the molecule is O=C(CN(CC1CC1)CC1CCCN1)NCC1CCCO1. The Morgan fingerprint density at radius 3 is 2.76 bits per heavy atom. The van der Waals surface area contributed by atoms with Gasteiger partial charge >= 0.3 is 0 Å². The zero-order chi connectivity index (χ0) is 14.5. The number of carbonyl (C=O) groups is 1. The van der Waals surface area contributed by atoms with Gasteiger partial charge in [0.2, 0.25) is 5.91 Å². The minimum absolute atomic E-state index is 0.157. The first-order chi connectivity index (χ1) is 10.3. The molecule has 5 heteroatoms. The molecule has 0 aromatic carbocycles. The molecule has 2 heterocycles. The van der Waals surface area contributed by atoms with Gasteiger partial charge in [0.05, 0.1) is 12.6 Å². The minimum Gasteiger partial charge on any atom is -0.376 e. The van der Waals surface area contributed by atoms with Crippen LogP contribution in [0.5, 0.6) is 0 Å². The van der Waals surface area contributed by atoms with Gasteiger partial charge in [-0.3, -0.25) is 9.69 Å². The van der Waals surface area contributed by atoms with Crippen molar-refractivity contribution in [2.45, 2.75) is 50.7 Å². The van der Waals surface area contributed by atoms with E-state index in [1.165, 1.54) is 25.7 Å². The molecular formula is C16H29N3O2. The first-order valence-corrected chi connectivity index (χ1v) is 8.63. The Balaban J connectivity index is 1.39. The Hall–Kier alpha value is -0.650. The van der Waals surface area contributed by atoms with Gasteiger partial charge in [-0.1, -0.05) is 0 Å². The summed E-state index contributed by atoms with van der Waals surface area (Å²) < 4.78 is 5.55. The number of nitrogens with zero attached hydrogens (tertiary/aromatic N) is 1. The predicted octanol–water partition coefficient (Wildman–Crippen LogP) is 0.746. The van der Waals surface area contributed by atoms with Gasteiger partial charge in [-0.15, -0.1) is 0 Å². The zero-order valence-electron chi connectivity index (χ0n) is 13.0. The van der Waals surface area contributed by atoms with Crippen molar-refractivity contribution < 1.29 is 9.53 Å². The topological polar surface area (TPSA) is 53.6 Å². The summed E-state index contributed by atoms with van der Waals surface area (Å²) in [6.07, 6.45) is 7.64. The highest BCUT2D eigenvalue weighted by Crippen LogP contribution is 2.29. The molecule has 2 atom stereocenters. The van der Waals surface area contributed by atoms with Gasteiger partial charge in [0.25, 0.3) is 0 Å². The van der Waals surface area contributed by atoms with Crippen LogP contribution in [0.2, 0.25) is 0 Å². The molecule has 2 N–H and O–H groups in total. The Morgan fingerprint density at radius 1 is 1.19 bits per heavy atom. The second kappa shape index (κ2) is 7.56. The molecule has 0 radical (unpaired) electrons. The Labute approximate surface area is 127 Å². The fourth-order valence-corrected chi connectivity index (χ4v) is 3.39. The fraction of sp³-hybridized carbons (Fsp3) is 0.938. The summed E-state index contributed by atoms with van der Waals surface area (Å²) in [6, 6.07) is 0.578. The van der Waals surface area contributed by atoms with Crippen LogP contribution in [-0.2, 0) is 9.53 Å². The Kier molecular flexibility index (Phi) is 5.49. The third kappa shape index (κ3) is 5.24. The summed E-state index contributed by atoms with van der Waals surface area (Å²) in [6.45, 7) is 5.31. The van der Waals surface area contributed by atoms with E-state index in [1.807, 2.05) is 0 Å². The van der Waals surface area contributed by atoms with Crippen LogP contribution in [0.4, 0.5) is 0 Å². The second-order valence-corrected chi connectivity index (χ2v) is 6.87. The van der Waals surface area contributed by atoms with Crippen LogP contribution < -0.4 is 10.6 Å². The van der Waals surface area contributed by atoms with Crippen LogP contribution in [0.1, 0.15) is 38.5 Å². The molecule has 0 spiro atoms. The molecule has 0 bridgehead atoms. The molecule has 1 aliphatic carbocycles. The summed E-state index contributed by atoms with van der Waals surface area (Å²) >= 11 is 0. The quantitative estimate of drug-likeness (QED) is 0.694. The third-order valence-electron chi connectivity index (χ3n) is 4.77. The summed E-state index contributed by atoms with van der Waals surface area (Å²) in [5.41, 5.74) is 0. The van der Waals surface area contributed by atoms with E-state index in [9.17, 15) is 4.79 Å². The summed E-state index contributed by atoms with van der Waals surface area (Å²) in [7, 11) is 0. The molecule has 3 aliphatic rings. The largest absolute Gasteiger partial charge is 0.376 e. The molecule has 3 fully saturated rings. The van der Waals surface area contributed by atoms with E-state index in [0.717, 1.165) is 45.0 Å². The van der Waals surface area contributed by atoms with E-state index in [0.29, 0.717) is 19.1 Å². The molecule has 1 amide bonds. The highest BCUT2D eigenvalue weighted by atomic mass is 16.5. The van der Waals surface area contributed by atoms with Crippen molar-refractivity contribution in [3.8, 4) is 0 Å². The number of hydrogen-bond donors (Lipinski definition) is 2. The molecule has 2 unspecified atom stereocenters. The van der Waals surface area contributed by atoms with E-state index in [-0.39, 0.29) is 12.0 Å². The lowest BCUT2D eigenvalue weighted by Gasteiger charge is -2.25. The fourth-order valence-electron chi connectivity index (χ4n) is 3.39. The molecule has 21 heavy (non-hydrogen) atoms. The summed E-state index contributed by atoms with van der Waals surface area (Å²) in [4.78, 5) is 14.5. The summed E-state index contributed by atoms with van der Waals surface area (Å²) in [5.74, 6) is 0.988. The van der Waals surface area contributed by atoms with E-state index in [4.69, 9.17) is 4.74 Å². The highest BCUT2D eigenvalue weighted by Gasteiger charge is 2.27. The monoisotopic (exact) mass is 295 g/mol. The van der Waals surface area contributed by atoms with Gasteiger partial charge in [0.15, 0.2) is 0 Å². The normalized spacial score (nSPS) is 29.2. The standard InChI is InChI=1S/C16H29N3O2/c20-16(18-9-15-4-2-8-21-15)12-19(10-13-5-6-13)11-14-3-1-7-17-14/h13-15,17H,1-12H2,(H,18,20). The van der Waals surface area contributed by atoms with E-state index >= 15 is 0 Å². The van der Waals surface area contributed by atoms with Gasteiger partial charge in [-0.2, -0.15) is 0 Å². The molecule has 120 valence electrons. The van der Waals surface area contributed by atoms with Crippen LogP contribution >= 0.6 is 0 Å².